The van der Waals surface area contributed by atoms with E-state index < -0.39 is 5.97 Å². The SMILES string of the molecule is CC(C)C1(C(=O)NCCc2nc(C(=O)O)cs2)CCNC1. The molecule has 0 aliphatic carbocycles. The third-order valence-corrected chi connectivity index (χ3v) is 5.05. The standard InChI is InChI=1S/C14H21N3O3S/c1-9(2)14(4-6-15-8-14)13(20)16-5-3-11-17-10(7-21-11)12(18)19/h7,9,15H,3-6,8H2,1-2H3,(H,16,20)(H,18,19). The number of hydrogen-bond donors (Lipinski definition) is 3. The number of nitrogens with one attached hydrogen (secondary N) is 2. The van der Waals surface area contributed by atoms with Crippen LogP contribution in [-0.2, 0) is 11.2 Å². The minimum atomic E-state index is -1.02. The zero-order valence-electron chi connectivity index (χ0n) is 12.3. The largest absolute Gasteiger partial charge is 0.476 e. The second-order valence-corrected chi connectivity index (χ2v) is 6.62. The fraction of sp³-hybridized carbons (Fsp3) is 0.643. The third-order valence-electron chi connectivity index (χ3n) is 4.14. The van der Waals surface area contributed by atoms with Crippen molar-refractivity contribution in [3.63, 3.8) is 0 Å². The molecule has 6 nitrogen and oxygen atoms in total. The number of rotatable bonds is 6. The van der Waals surface area contributed by atoms with Crippen molar-refractivity contribution in [1.29, 1.82) is 0 Å². The summed E-state index contributed by atoms with van der Waals surface area (Å²) in [6.07, 6.45) is 1.42. The molecule has 21 heavy (non-hydrogen) atoms. The van der Waals surface area contributed by atoms with E-state index in [0.29, 0.717) is 13.0 Å². The highest BCUT2D eigenvalue weighted by atomic mass is 32.1. The van der Waals surface area contributed by atoms with Gasteiger partial charge in [0.25, 0.3) is 0 Å². The van der Waals surface area contributed by atoms with Crippen molar-refractivity contribution in [2.24, 2.45) is 11.3 Å². The topological polar surface area (TPSA) is 91.3 Å². The second kappa shape index (κ2) is 6.53. The average Bonchev–Trinajstić information content (AvgIpc) is 3.08. The van der Waals surface area contributed by atoms with Crippen molar-refractivity contribution in [2.75, 3.05) is 19.6 Å². The van der Waals surface area contributed by atoms with Gasteiger partial charge in [-0.15, -0.1) is 11.3 Å². The Morgan fingerprint density at radius 2 is 2.33 bits per heavy atom. The molecule has 1 aliphatic rings. The molecule has 7 heteroatoms. The fourth-order valence-electron chi connectivity index (χ4n) is 2.64. The molecule has 1 aromatic rings. The molecule has 1 unspecified atom stereocenters. The van der Waals surface area contributed by atoms with Gasteiger partial charge in [-0.1, -0.05) is 13.8 Å². The van der Waals surface area contributed by atoms with Gasteiger partial charge in [-0.25, -0.2) is 9.78 Å². The van der Waals surface area contributed by atoms with Gasteiger partial charge >= 0.3 is 5.97 Å². The second-order valence-electron chi connectivity index (χ2n) is 5.68. The first-order valence-electron chi connectivity index (χ1n) is 7.12. The molecule has 1 aromatic heterocycles. The van der Waals surface area contributed by atoms with Crippen molar-refractivity contribution in [1.82, 2.24) is 15.6 Å². The van der Waals surface area contributed by atoms with Gasteiger partial charge in [0.1, 0.15) is 0 Å². The normalized spacial score (nSPS) is 21.7. The Kier molecular flexibility index (Phi) is 4.95. The van der Waals surface area contributed by atoms with Gasteiger partial charge in [0, 0.05) is 24.9 Å². The van der Waals surface area contributed by atoms with Crippen LogP contribution in [0.5, 0.6) is 0 Å². The van der Waals surface area contributed by atoms with E-state index in [9.17, 15) is 9.59 Å². The van der Waals surface area contributed by atoms with E-state index in [1.807, 2.05) is 0 Å². The predicted octanol–water partition coefficient (Wildman–Crippen LogP) is 1.14. The minimum Gasteiger partial charge on any atom is -0.476 e. The molecule has 1 amide bonds. The highest BCUT2D eigenvalue weighted by Crippen LogP contribution is 2.34. The van der Waals surface area contributed by atoms with Crippen molar-refractivity contribution in [3.8, 4) is 0 Å². The molecular weight excluding hydrogens is 290 g/mol. The number of aromatic carboxylic acids is 1. The first-order valence-corrected chi connectivity index (χ1v) is 8.00. The third kappa shape index (κ3) is 3.41. The molecule has 0 aromatic carbocycles. The number of hydrogen-bond acceptors (Lipinski definition) is 5. The Hall–Kier alpha value is -1.47. The van der Waals surface area contributed by atoms with Crippen LogP contribution in [0.1, 0.15) is 35.8 Å². The Morgan fingerprint density at radius 3 is 2.86 bits per heavy atom. The lowest BCUT2D eigenvalue weighted by molar-refractivity contribution is -0.132. The lowest BCUT2D eigenvalue weighted by Crippen LogP contribution is -2.46. The summed E-state index contributed by atoms with van der Waals surface area (Å²) in [4.78, 5) is 27.2. The molecule has 3 N–H and O–H groups in total. The van der Waals surface area contributed by atoms with E-state index in [1.54, 1.807) is 0 Å². The summed E-state index contributed by atoms with van der Waals surface area (Å²) in [5.41, 5.74) is -0.255. The highest BCUT2D eigenvalue weighted by Gasteiger charge is 2.43. The molecule has 0 spiro atoms. The maximum Gasteiger partial charge on any atom is 0.355 e. The first-order chi connectivity index (χ1) is 9.95. The summed E-state index contributed by atoms with van der Waals surface area (Å²) >= 11 is 1.31. The van der Waals surface area contributed by atoms with Gasteiger partial charge in [0.2, 0.25) is 5.91 Å². The van der Waals surface area contributed by atoms with E-state index >= 15 is 0 Å². The van der Waals surface area contributed by atoms with E-state index in [0.717, 1.165) is 24.5 Å². The van der Waals surface area contributed by atoms with E-state index in [4.69, 9.17) is 5.11 Å². The molecule has 1 aliphatic heterocycles. The van der Waals surface area contributed by atoms with Crippen LogP contribution in [0.4, 0.5) is 0 Å². The quantitative estimate of drug-likeness (QED) is 0.733. The fourth-order valence-corrected chi connectivity index (χ4v) is 3.42. The molecule has 1 fully saturated rings. The van der Waals surface area contributed by atoms with Gasteiger partial charge in [-0.05, 0) is 18.9 Å². The number of aromatic nitrogens is 1. The number of amides is 1. The van der Waals surface area contributed by atoms with Gasteiger partial charge in [0.15, 0.2) is 5.69 Å². The number of thiazole rings is 1. The van der Waals surface area contributed by atoms with Gasteiger partial charge < -0.3 is 15.7 Å². The van der Waals surface area contributed by atoms with Gasteiger partial charge in [-0.3, -0.25) is 4.79 Å². The highest BCUT2D eigenvalue weighted by molar-refractivity contribution is 7.09. The lowest BCUT2D eigenvalue weighted by atomic mass is 9.75. The molecule has 1 saturated heterocycles. The summed E-state index contributed by atoms with van der Waals surface area (Å²) in [5.74, 6) is -0.652. The zero-order chi connectivity index (χ0) is 15.5. The molecule has 0 saturated carbocycles. The van der Waals surface area contributed by atoms with Crippen LogP contribution in [-0.4, -0.2) is 41.6 Å². The molecule has 116 valence electrons. The molecular formula is C14H21N3O3S. The smallest absolute Gasteiger partial charge is 0.355 e. The van der Waals surface area contributed by atoms with Gasteiger partial charge in [0.05, 0.1) is 10.4 Å². The van der Waals surface area contributed by atoms with Crippen LogP contribution in [0.3, 0.4) is 0 Å². The molecule has 2 rings (SSSR count). The number of carboxylic acid groups (broad SMARTS) is 1. The van der Waals surface area contributed by atoms with Crippen molar-refractivity contribution in [2.45, 2.75) is 26.7 Å². The van der Waals surface area contributed by atoms with Crippen LogP contribution in [0, 0.1) is 11.3 Å². The lowest BCUT2D eigenvalue weighted by Gasteiger charge is -2.31. The monoisotopic (exact) mass is 311 g/mol. The predicted molar refractivity (Wildman–Crippen MR) is 80.5 cm³/mol. The number of carboxylic acids is 1. The maximum atomic E-state index is 12.5. The van der Waals surface area contributed by atoms with Crippen molar-refractivity contribution >= 4 is 23.2 Å². The first kappa shape index (κ1) is 15.9. The summed E-state index contributed by atoms with van der Waals surface area (Å²) < 4.78 is 0. The Bertz CT molecular complexity index is 521. The molecule has 0 radical (unpaired) electrons. The maximum absolute atomic E-state index is 12.5. The van der Waals surface area contributed by atoms with E-state index in [2.05, 4.69) is 29.5 Å². The summed E-state index contributed by atoms with van der Waals surface area (Å²) in [6, 6.07) is 0. The van der Waals surface area contributed by atoms with Gasteiger partial charge in [-0.2, -0.15) is 0 Å². The summed E-state index contributed by atoms with van der Waals surface area (Å²) in [6.45, 7) is 6.23. The van der Waals surface area contributed by atoms with E-state index in [1.165, 1.54) is 16.7 Å². The number of carbonyl (C=O) groups is 2. The number of carbonyl (C=O) groups excluding carboxylic acids is 1. The summed E-state index contributed by atoms with van der Waals surface area (Å²) in [5, 5.41) is 17.3. The molecule has 0 bridgehead atoms. The Labute approximate surface area is 128 Å². The van der Waals surface area contributed by atoms with Crippen LogP contribution >= 0.6 is 11.3 Å². The zero-order valence-corrected chi connectivity index (χ0v) is 13.1. The minimum absolute atomic E-state index is 0.0694. The van der Waals surface area contributed by atoms with Crippen LogP contribution in [0.2, 0.25) is 0 Å². The summed E-state index contributed by atoms with van der Waals surface area (Å²) in [7, 11) is 0. The molecule has 1 atom stereocenters. The average molecular weight is 311 g/mol. The van der Waals surface area contributed by atoms with E-state index in [-0.39, 0.29) is 22.9 Å². The van der Waals surface area contributed by atoms with Crippen LogP contribution < -0.4 is 10.6 Å². The number of nitrogens with zero attached hydrogens (tertiary/aromatic N) is 1. The Morgan fingerprint density at radius 1 is 1.57 bits per heavy atom. The Balaban J connectivity index is 1.87. The van der Waals surface area contributed by atoms with Crippen LogP contribution in [0.15, 0.2) is 5.38 Å². The molecule has 2 heterocycles. The van der Waals surface area contributed by atoms with Crippen molar-refractivity contribution in [3.05, 3.63) is 16.1 Å². The van der Waals surface area contributed by atoms with Crippen molar-refractivity contribution < 1.29 is 14.7 Å². The van der Waals surface area contributed by atoms with Crippen LogP contribution in [0.25, 0.3) is 0 Å².